The van der Waals surface area contributed by atoms with Gasteiger partial charge in [-0.25, -0.2) is 0 Å². The Morgan fingerprint density at radius 1 is 1.50 bits per heavy atom. The van der Waals surface area contributed by atoms with Gasteiger partial charge in [0.05, 0.1) is 0 Å². The fraction of sp³-hybridized carbons (Fsp3) is 1.00. The zero-order valence-corrected chi connectivity index (χ0v) is 6.99. The van der Waals surface area contributed by atoms with Gasteiger partial charge in [0.1, 0.15) is 0 Å². The molecule has 0 aromatic rings. The average Bonchev–Trinajstić information content (AvgIpc) is 2.06. The van der Waals surface area contributed by atoms with Crippen molar-refractivity contribution in [2.75, 3.05) is 13.2 Å². The van der Waals surface area contributed by atoms with E-state index in [2.05, 4.69) is 26.8 Å². The average molecular weight is 192 g/mol. The van der Waals surface area contributed by atoms with Crippen molar-refractivity contribution in [3.63, 3.8) is 0 Å². The first-order chi connectivity index (χ1) is 5.67. The summed E-state index contributed by atoms with van der Waals surface area (Å²) in [6, 6.07) is 0. The zero-order valence-electron chi connectivity index (χ0n) is 6.17. The molecule has 12 heavy (non-hydrogen) atoms. The number of hydrogen-bond donors (Lipinski definition) is 0. The van der Waals surface area contributed by atoms with Crippen molar-refractivity contribution in [2.45, 2.75) is 11.7 Å². The van der Waals surface area contributed by atoms with Gasteiger partial charge in [-0.15, -0.1) is 0 Å². The van der Waals surface area contributed by atoms with Gasteiger partial charge in [-0.1, -0.05) is 0 Å². The van der Waals surface area contributed by atoms with Gasteiger partial charge in [-0.05, 0) is 0 Å². The summed E-state index contributed by atoms with van der Waals surface area (Å²) >= 11 is 0. The number of hydrogen-bond acceptors (Lipinski definition) is 6. The summed E-state index contributed by atoms with van der Waals surface area (Å²) in [7, 11) is 0.843. The van der Waals surface area contributed by atoms with Crippen molar-refractivity contribution in [1.29, 1.82) is 0 Å². The molecule has 1 radical (unpaired) electrons. The number of nitrogens with zero attached hydrogens (tertiary/aromatic N) is 1. The van der Waals surface area contributed by atoms with Crippen molar-refractivity contribution in [2.24, 2.45) is 5.06 Å². The van der Waals surface area contributed by atoms with E-state index in [1.54, 1.807) is 0 Å². The third kappa shape index (κ3) is 2.26. The molecule has 1 fully saturated rings. The Morgan fingerprint density at radius 3 is 2.75 bits per heavy atom. The summed E-state index contributed by atoms with van der Waals surface area (Å²) in [4.78, 5) is 8.96. The molecule has 67 valence electrons. The van der Waals surface area contributed by atoms with Crippen LogP contribution in [0.15, 0.2) is 5.06 Å². The van der Waals surface area contributed by atoms with Crippen molar-refractivity contribution < 1.29 is 22.5 Å². The molecule has 0 spiro atoms. The van der Waals surface area contributed by atoms with Gasteiger partial charge in [0.25, 0.3) is 0 Å². The molecule has 0 aliphatic carbocycles. The van der Waals surface area contributed by atoms with Crippen LogP contribution in [0, 0.1) is 0 Å². The molecule has 8 heteroatoms. The van der Waals surface area contributed by atoms with Crippen molar-refractivity contribution >= 4 is 17.8 Å². The summed E-state index contributed by atoms with van der Waals surface area (Å²) in [5.41, 5.74) is 0. The first-order valence-electron chi connectivity index (χ1n) is 3.24. The maximum atomic E-state index is 11.1. The summed E-state index contributed by atoms with van der Waals surface area (Å²) < 4.78 is 26.1. The second-order valence-corrected chi connectivity index (χ2v) is 3.99. The van der Waals surface area contributed by atoms with E-state index in [0.717, 1.165) is 0 Å². The van der Waals surface area contributed by atoms with Gasteiger partial charge in [-0.2, -0.15) is 0 Å². The van der Waals surface area contributed by atoms with E-state index < -0.39 is 15.4 Å². The minimum absolute atomic E-state index is 0.0577. The molecule has 1 aliphatic heterocycles. The van der Waals surface area contributed by atoms with Gasteiger partial charge in [0.15, 0.2) is 0 Å². The first kappa shape index (κ1) is 9.62. The Kier molecular flexibility index (Phi) is 3.18. The van der Waals surface area contributed by atoms with Gasteiger partial charge >= 0.3 is 70.2 Å². The summed E-state index contributed by atoms with van der Waals surface area (Å²) in [6.07, 6.45) is 0.317. The fourth-order valence-corrected chi connectivity index (χ4v) is 1.64. The van der Waals surface area contributed by atoms with Crippen LogP contribution in [0.1, 0.15) is 6.42 Å². The second-order valence-electron chi connectivity index (χ2n) is 2.19. The van der Waals surface area contributed by atoms with E-state index in [1.165, 1.54) is 0 Å². The van der Waals surface area contributed by atoms with E-state index in [1.807, 2.05) is 0 Å². The first-order valence-corrected chi connectivity index (χ1v) is 4.71. The predicted octanol–water partition coefficient (Wildman–Crippen LogP) is -0.680. The Morgan fingerprint density at radius 2 is 2.25 bits per heavy atom. The van der Waals surface area contributed by atoms with Gasteiger partial charge in [-0.3, -0.25) is 0 Å². The van der Waals surface area contributed by atoms with Crippen LogP contribution in [0.25, 0.3) is 0 Å². The molecular weight excluding hydrogens is 185 g/mol. The quantitative estimate of drug-likeness (QED) is 0.336. The third-order valence-electron chi connectivity index (χ3n) is 1.42. The van der Waals surface area contributed by atoms with Crippen LogP contribution in [0.4, 0.5) is 0 Å². The summed E-state index contributed by atoms with van der Waals surface area (Å²) in [6.45, 7) is 0.162. The predicted molar refractivity (Wildman–Crippen MR) is 38.5 cm³/mol. The van der Waals surface area contributed by atoms with E-state index in [0.29, 0.717) is 6.42 Å². The molecule has 0 saturated carbocycles. The molecule has 1 aliphatic rings. The van der Waals surface area contributed by atoms with E-state index in [-0.39, 0.29) is 13.2 Å². The molecule has 0 bridgehead atoms. The Hall–Kier alpha value is -0.465. The molecular formula is C4H7BNO5S. The monoisotopic (exact) mass is 192 g/mol. The van der Waals surface area contributed by atoms with Crippen molar-refractivity contribution in [1.82, 2.24) is 0 Å². The van der Waals surface area contributed by atoms with Crippen molar-refractivity contribution in [3.8, 4) is 0 Å². The van der Waals surface area contributed by atoms with Crippen LogP contribution in [0.2, 0.25) is 0 Å². The molecule has 0 aromatic heterocycles. The Balaban J connectivity index is 2.60. The van der Waals surface area contributed by atoms with E-state index in [4.69, 9.17) is 0 Å². The molecule has 1 atom stereocenters. The van der Waals surface area contributed by atoms with Crippen LogP contribution in [0.3, 0.4) is 0 Å². The van der Waals surface area contributed by atoms with Crippen LogP contribution in [-0.2, 0) is 24.2 Å². The molecule has 1 rings (SSSR count). The van der Waals surface area contributed by atoms with Crippen LogP contribution >= 0.6 is 0 Å². The molecule has 6 nitrogen and oxygen atoms in total. The zero-order chi connectivity index (χ0) is 9.03. The third-order valence-corrected chi connectivity index (χ3v) is 2.90. The van der Waals surface area contributed by atoms with Gasteiger partial charge in [0.2, 0.25) is 0 Å². The van der Waals surface area contributed by atoms with Crippen LogP contribution in [0.5, 0.6) is 0 Å². The summed E-state index contributed by atoms with van der Waals surface area (Å²) in [5, 5.41) is 1.85. The topological polar surface area (TPSA) is 74.2 Å². The fourth-order valence-electron chi connectivity index (χ4n) is 0.794. The normalized spacial score (nSPS) is 24.8. The van der Waals surface area contributed by atoms with Crippen LogP contribution < -0.4 is 0 Å². The Bertz CT molecular complexity index is 246. The minimum atomic E-state index is -3.73. The molecule has 0 aromatic carbocycles. The molecule has 1 saturated heterocycles. The Labute approximate surface area is 70.9 Å². The maximum absolute atomic E-state index is 11.1. The molecule has 0 N–H and O–H groups in total. The standard InChI is InChI=1S/C4H7BNO5S/c5-6-11-12(7,8)4-1-2-9-10-3-4/h4H,1-3H2. The number of rotatable bonds is 3. The van der Waals surface area contributed by atoms with Crippen molar-refractivity contribution in [3.05, 3.63) is 0 Å². The van der Waals surface area contributed by atoms with E-state index in [9.17, 15) is 8.42 Å². The molecule has 0 amide bonds. The molecule has 1 heterocycles. The van der Waals surface area contributed by atoms with Gasteiger partial charge in [0, 0.05) is 0 Å². The molecule has 1 unspecified atom stereocenters. The second kappa shape index (κ2) is 3.97. The van der Waals surface area contributed by atoms with Crippen LogP contribution in [-0.4, -0.2) is 34.5 Å². The SMILES string of the molecule is [B]=NOS(=O)(=O)C1CCOOC1. The van der Waals surface area contributed by atoms with E-state index >= 15 is 0 Å². The summed E-state index contributed by atoms with van der Waals surface area (Å²) in [5.74, 6) is 0. The van der Waals surface area contributed by atoms with Gasteiger partial charge < -0.3 is 0 Å².